The molecular formula is C23H23N3O. The molecule has 1 unspecified atom stereocenters. The third-order valence-corrected chi connectivity index (χ3v) is 6.11. The first-order valence-corrected chi connectivity index (χ1v) is 9.68. The molecule has 1 atom stereocenters. The van der Waals surface area contributed by atoms with Crippen molar-refractivity contribution in [2.45, 2.75) is 37.9 Å². The Morgan fingerprint density at radius 3 is 2.81 bits per heavy atom. The van der Waals surface area contributed by atoms with Crippen molar-refractivity contribution < 1.29 is 4.79 Å². The number of nitrogens with zero attached hydrogens (tertiary/aromatic N) is 2. The number of hydrogen-bond acceptors (Lipinski definition) is 3. The second-order valence-electron chi connectivity index (χ2n) is 7.72. The van der Waals surface area contributed by atoms with Crippen molar-refractivity contribution in [3.05, 3.63) is 77.5 Å². The number of rotatable bonds is 2. The molecule has 1 amide bonds. The van der Waals surface area contributed by atoms with Gasteiger partial charge in [0.1, 0.15) is 5.54 Å². The maximum absolute atomic E-state index is 13.2. The SMILES string of the molecule is O=C1NCc2ccccc2CC12CCCN2Cc1cnc2ccccc2c1. The molecule has 1 N–H and O–H groups in total. The van der Waals surface area contributed by atoms with Crippen LogP contribution in [0.5, 0.6) is 0 Å². The van der Waals surface area contributed by atoms with Crippen molar-refractivity contribution in [2.24, 2.45) is 0 Å². The number of carbonyl (C=O) groups is 1. The van der Waals surface area contributed by atoms with Crippen LogP contribution in [0.2, 0.25) is 0 Å². The number of amides is 1. The zero-order chi connectivity index (χ0) is 18.3. The average molecular weight is 357 g/mol. The van der Waals surface area contributed by atoms with E-state index < -0.39 is 5.54 Å². The lowest BCUT2D eigenvalue weighted by Gasteiger charge is -2.36. The van der Waals surface area contributed by atoms with Gasteiger partial charge in [-0.05, 0) is 48.2 Å². The van der Waals surface area contributed by atoms with E-state index in [1.165, 1.54) is 16.7 Å². The van der Waals surface area contributed by atoms with Gasteiger partial charge in [0.05, 0.1) is 5.52 Å². The summed E-state index contributed by atoms with van der Waals surface area (Å²) in [6.45, 7) is 2.33. The number of benzene rings is 2. The highest BCUT2D eigenvalue weighted by atomic mass is 16.2. The number of fused-ring (bicyclic) bond motifs is 2. The second kappa shape index (κ2) is 6.46. The highest BCUT2D eigenvalue weighted by Gasteiger charge is 2.48. The molecule has 1 aromatic heterocycles. The lowest BCUT2D eigenvalue weighted by atomic mass is 9.86. The minimum absolute atomic E-state index is 0.171. The van der Waals surface area contributed by atoms with Crippen molar-refractivity contribution in [2.75, 3.05) is 6.54 Å². The van der Waals surface area contributed by atoms with E-state index in [2.05, 4.69) is 51.6 Å². The molecule has 3 heterocycles. The molecule has 4 nitrogen and oxygen atoms in total. The second-order valence-corrected chi connectivity index (χ2v) is 7.72. The monoisotopic (exact) mass is 357 g/mol. The molecule has 1 saturated heterocycles. The third kappa shape index (κ3) is 2.81. The summed E-state index contributed by atoms with van der Waals surface area (Å²) in [5, 5.41) is 4.33. The zero-order valence-electron chi connectivity index (χ0n) is 15.3. The van der Waals surface area contributed by atoms with Crippen LogP contribution < -0.4 is 5.32 Å². The minimum Gasteiger partial charge on any atom is -0.350 e. The van der Waals surface area contributed by atoms with Gasteiger partial charge < -0.3 is 5.32 Å². The van der Waals surface area contributed by atoms with Crippen molar-refractivity contribution in [3.8, 4) is 0 Å². The molecular weight excluding hydrogens is 334 g/mol. The van der Waals surface area contributed by atoms with Crippen LogP contribution in [0.1, 0.15) is 29.5 Å². The molecule has 0 saturated carbocycles. The fourth-order valence-corrected chi connectivity index (χ4v) is 4.68. The maximum atomic E-state index is 13.2. The standard InChI is InChI=1S/C23H23N3O/c27-22-23(13-19-7-1-2-8-20(19)15-25-22)10-5-11-26(23)16-17-12-18-6-3-4-9-21(18)24-14-17/h1-4,6-9,12,14H,5,10-11,13,15-16H2,(H,25,27). The van der Waals surface area contributed by atoms with E-state index in [0.717, 1.165) is 43.3 Å². The predicted octanol–water partition coefficient (Wildman–Crippen LogP) is 3.44. The Labute approximate surface area is 159 Å². The Hall–Kier alpha value is -2.72. The smallest absolute Gasteiger partial charge is 0.241 e. The van der Waals surface area contributed by atoms with E-state index in [4.69, 9.17) is 0 Å². The molecule has 4 heteroatoms. The molecule has 2 aliphatic rings. The van der Waals surface area contributed by atoms with Crippen molar-refractivity contribution in [3.63, 3.8) is 0 Å². The van der Waals surface area contributed by atoms with Gasteiger partial charge >= 0.3 is 0 Å². The van der Waals surface area contributed by atoms with E-state index in [0.29, 0.717) is 6.54 Å². The van der Waals surface area contributed by atoms with Crippen molar-refractivity contribution >= 4 is 16.8 Å². The number of para-hydroxylation sites is 1. The maximum Gasteiger partial charge on any atom is 0.241 e. The number of nitrogens with one attached hydrogen (secondary N) is 1. The van der Waals surface area contributed by atoms with Crippen molar-refractivity contribution in [1.29, 1.82) is 0 Å². The first-order valence-electron chi connectivity index (χ1n) is 9.68. The summed E-state index contributed by atoms with van der Waals surface area (Å²) in [5.41, 5.74) is 4.26. The lowest BCUT2D eigenvalue weighted by Crippen LogP contribution is -2.55. The highest BCUT2D eigenvalue weighted by Crippen LogP contribution is 2.36. The summed E-state index contributed by atoms with van der Waals surface area (Å²) >= 11 is 0. The van der Waals surface area contributed by atoms with Gasteiger partial charge in [0.25, 0.3) is 0 Å². The van der Waals surface area contributed by atoms with E-state index in [1.807, 2.05) is 24.4 Å². The predicted molar refractivity (Wildman–Crippen MR) is 106 cm³/mol. The molecule has 27 heavy (non-hydrogen) atoms. The van der Waals surface area contributed by atoms with Crippen LogP contribution in [0.25, 0.3) is 10.9 Å². The number of carbonyl (C=O) groups excluding carboxylic acids is 1. The number of aromatic nitrogens is 1. The zero-order valence-corrected chi connectivity index (χ0v) is 15.3. The Balaban J connectivity index is 1.49. The van der Waals surface area contributed by atoms with E-state index in [-0.39, 0.29) is 5.91 Å². The van der Waals surface area contributed by atoms with E-state index in [1.54, 1.807) is 0 Å². The van der Waals surface area contributed by atoms with Crippen LogP contribution in [0.3, 0.4) is 0 Å². The van der Waals surface area contributed by atoms with Gasteiger partial charge in [-0.2, -0.15) is 0 Å². The summed E-state index contributed by atoms with van der Waals surface area (Å²) in [7, 11) is 0. The summed E-state index contributed by atoms with van der Waals surface area (Å²) in [6, 6.07) is 18.8. The normalized spacial score (nSPS) is 22.6. The molecule has 3 aromatic rings. The summed E-state index contributed by atoms with van der Waals surface area (Å²) in [5.74, 6) is 0.171. The number of pyridine rings is 1. The topological polar surface area (TPSA) is 45.2 Å². The van der Waals surface area contributed by atoms with Gasteiger partial charge in [-0.1, -0.05) is 42.5 Å². The first-order chi connectivity index (χ1) is 13.2. The van der Waals surface area contributed by atoms with Crippen LogP contribution in [-0.4, -0.2) is 27.9 Å². The Morgan fingerprint density at radius 1 is 1.07 bits per heavy atom. The third-order valence-electron chi connectivity index (χ3n) is 6.11. The Kier molecular flexibility index (Phi) is 3.94. The van der Waals surface area contributed by atoms with Gasteiger partial charge in [0.2, 0.25) is 5.91 Å². The minimum atomic E-state index is -0.446. The molecule has 0 radical (unpaired) electrons. The van der Waals surface area contributed by atoms with Gasteiger partial charge in [-0.25, -0.2) is 0 Å². The van der Waals surface area contributed by atoms with Gasteiger partial charge in [-0.3, -0.25) is 14.7 Å². The van der Waals surface area contributed by atoms with Gasteiger partial charge in [0, 0.05) is 31.1 Å². The molecule has 0 aliphatic carbocycles. The van der Waals surface area contributed by atoms with Crippen LogP contribution in [0.15, 0.2) is 60.8 Å². The molecule has 5 rings (SSSR count). The Bertz CT molecular complexity index is 1020. The molecule has 136 valence electrons. The molecule has 0 bridgehead atoms. The van der Waals surface area contributed by atoms with Gasteiger partial charge in [-0.15, -0.1) is 0 Å². The summed E-state index contributed by atoms with van der Waals surface area (Å²) in [6.07, 6.45) is 4.71. The van der Waals surface area contributed by atoms with Crippen LogP contribution >= 0.6 is 0 Å². The molecule has 2 aromatic carbocycles. The quantitative estimate of drug-likeness (QED) is 0.764. The first kappa shape index (κ1) is 16.5. The fraction of sp³-hybridized carbons (Fsp3) is 0.304. The molecule has 2 aliphatic heterocycles. The summed E-state index contributed by atoms with van der Waals surface area (Å²) in [4.78, 5) is 20.1. The molecule has 1 fully saturated rings. The summed E-state index contributed by atoms with van der Waals surface area (Å²) < 4.78 is 0. The van der Waals surface area contributed by atoms with Gasteiger partial charge in [0.15, 0.2) is 0 Å². The lowest BCUT2D eigenvalue weighted by molar-refractivity contribution is -0.132. The molecule has 1 spiro atoms. The highest BCUT2D eigenvalue weighted by molar-refractivity contribution is 5.88. The average Bonchev–Trinajstić information content (AvgIpc) is 3.03. The van der Waals surface area contributed by atoms with Crippen LogP contribution in [-0.2, 0) is 24.3 Å². The van der Waals surface area contributed by atoms with Crippen LogP contribution in [0.4, 0.5) is 0 Å². The van der Waals surface area contributed by atoms with Crippen LogP contribution in [0, 0.1) is 0 Å². The fourth-order valence-electron chi connectivity index (χ4n) is 4.68. The number of hydrogen-bond donors (Lipinski definition) is 1. The number of likely N-dealkylation sites (tertiary alicyclic amines) is 1. The largest absolute Gasteiger partial charge is 0.350 e. The van der Waals surface area contributed by atoms with E-state index in [9.17, 15) is 4.79 Å². The van der Waals surface area contributed by atoms with Crippen molar-refractivity contribution in [1.82, 2.24) is 15.2 Å². The van der Waals surface area contributed by atoms with E-state index >= 15 is 0 Å². The Morgan fingerprint density at radius 2 is 1.89 bits per heavy atom.